The molecule has 0 saturated heterocycles. The highest BCUT2D eigenvalue weighted by molar-refractivity contribution is 7.80. The minimum atomic E-state index is -0.229. The monoisotopic (exact) mass is 330 g/mol. The summed E-state index contributed by atoms with van der Waals surface area (Å²) in [7, 11) is 0. The molecule has 0 heterocycles. The van der Waals surface area contributed by atoms with Gasteiger partial charge >= 0.3 is 0 Å². The number of halogens is 1. The Labute approximate surface area is 143 Å². The molecule has 1 atom stereocenters. The highest BCUT2D eigenvalue weighted by Crippen LogP contribution is 2.23. The van der Waals surface area contributed by atoms with E-state index in [0.29, 0.717) is 11.0 Å². The minimum Gasteiger partial charge on any atom is -0.355 e. The summed E-state index contributed by atoms with van der Waals surface area (Å²) < 4.78 is 13.1. The Kier molecular flexibility index (Phi) is 5.72. The molecule has 0 bridgehead atoms. The van der Waals surface area contributed by atoms with Crippen molar-refractivity contribution >= 4 is 23.0 Å². The van der Waals surface area contributed by atoms with Crippen molar-refractivity contribution in [3.8, 4) is 0 Å². The van der Waals surface area contributed by atoms with Crippen molar-refractivity contribution in [2.24, 2.45) is 5.92 Å². The zero-order chi connectivity index (χ0) is 17.0. The third-order valence-corrected chi connectivity index (χ3v) is 4.26. The quantitative estimate of drug-likeness (QED) is 0.760. The number of thiocarbonyl (C=S) groups is 1. The van der Waals surface area contributed by atoms with Crippen molar-refractivity contribution in [2.75, 3.05) is 5.32 Å². The number of rotatable bonds is 4. The van der Waals surface area contributed by atoms with E-state index in [1.165, 1.54) is 23.3 Å². The predicted octanol–water partition coefficient (Wildman–Crippen LogP) is 5.13. The van der Waals surface area contributed by atoms with Crippen LogP contribution >= 0.6 is 12.2 Å². The lowest BCUT2D eigenvalue weighted by Gasteiger charge is -2.25. The second-order valence-electron chi connectivity index (χ2n) is 6.12. The highest BCUT2D eigenvalue weighted by atomic mass is 32.1. The number of hydrogen-bond acceptors (Lipinski definition) is 1. The van der Waals surface area contributed by atoms with Gasteiger partial charge in [-0.15, -0.1) is 0 Å². The van der Waals surface area contributed by atoms with Crippen LogP contribution in [0.1, 0.15) is 36.6 Å². The highest BCUT2D eigenvalue weighted by Gasteiger charge is 2.17. The molecule has 0 radical (unpaired) electrons. The average molecular weight is 330 g/mol. The van der Waals surface area contributed by atoms with E-state index in [2.05, 4.69) is 44.4 Å². The molecule has 0 saturated carbocycles. The van der Waals surface area contributed by atoms with Gasteiger partial charge in [0.15, 0.2) is 5.11 Å². The summed E-state index contributed by atoms with van der Waals surface area (Å²) in [4.78, 5) is 0. The Hall–Kier alpha value is -1.94. The zero-order valence-corrected chi connectivity index (χ0v) is 14.8. The number of benzene rings is 2. The smallest absolute Gasteiger partial charge is 0.171 e. The molecular weight excluding hydrogens is 307 g/mol. The second kappa shape index (κ2) is 7.55. The summed E-state index contributed by atoms with van der Waals surface area (Å²) >= 11 is 5.46. The summed E-state index contributed by atoms with van der Waals surface area (Å²) in [6.07, 6.45) is 0. The minimum absolute atomic E-state index is 0.0284. The molecule has 2 nitrogen and oxygen atoms in total. The molecule has 23 heavy (non-hydrogen) atoms. The summed E-state index contributed by atoms with van der Waals surface area (Å²) in [6, 6.07) is 12.7. The van der Waals surface area contributed by atoms with Crippen molar-refractivity contribution < 1.29 is 4.39 Å². The summed E-state index contributed by atoms with van der Waals surface area (Å²) in [6.45, 7) is 8.37. The number of aryl methyl sites for hydroxylation is 1. The zero-order valence-electron chi connectivity index (χ0n) is 14.0. The van der Waals surface area contributed by atoms with Crippen LogP contribution in [0.5, 0.6) is 0 Å². The third-order valence-electron chi connectivity index (χ3n) is 4.04. The molecule has 0 aliphatic rings. The first-order valence-corrected chi connectivity index (χ1v) is 8.18. The van der Waals surface area contributed by atoms with Crippen LogP contribution in [0.25, 0.3) is 0 Å². The topological polar surface area (TPSA) is 24.1 Å². The predicted molar refractivity (Wildman–Crippen MR) is 99.3 cm³/mol. The standard InChI is InChI=1S/C19H23FN2S/c1-12(2)18(15-8-10-16(20)11-9-15)22-19(23)21-17-7-5-6-13(3)14(17)4/h5-12,18H,1-4H3,(H2,21,22,23)/t18-/m1/s1. The second-order valence-corrected chi connectivity index (χ2v) is 6.53. The van der Waals surface area contributed by atoms with E-state index in [9.17, 15) is 4.39 Å². The molecule has 0 fully saturated rings. The van der Waals surface area contributed by atoms with Gasteiger partial charge in [-0.3, -0.25) is 0 Å². The van der Waals surface area contributed by atoms with Crippen LogP contribution in [0, 0.1) is 25.6 Å². The van der Waals surface area contributed by atoms with Gasteiger partial charge in [0.2, 0.25) is 0 Å². The fourth-order valence-corrected chi connectivity index (χ4v) is 2.73. The van der Waals surface area contributed by atoms with E-state index in [1.807, 2.05) is 12.1 Å². The lowest BCUT2D eigenvalue weighted by Crippen LogP contribution is -2.35. The molecule has 0 aromatic heterocycles. The summed E-state index contributed by atoms with van der Waals surface area (Å²) in [5.74, 6) is 0.0890. The van der Waals surface area contributed by atoms with Gasteiger partial charge in [0.05, 0.1) is 6.04 Å². The van der Waals surface area contributed by atoms with Crippen molar-refractivity contribution in [1.29, 1.82) is 0 Å². The Morgan fingerprint density at radius 3 is 2.30 bits per heavy atom. The lowest BCUT2D eigenvalue weighted by molar-refractivity contribution is 0.472. The molecular formula is C19H23FN2S. The first kappa shape index (κ1) is 17.4. The molecule has 2 aromatic carbocycles. The average Bonchev–Trinajstić information content (AvgIpc) is 2.50. The summed E-state index contributed by atoms with van der Waals surface area (Å²) in [5, 5.41) is 7.18. The Morgan fingerprint density at radius 1 is 1.04 bits per heavy atom. The molecule has 2 aromatic rings. The maximum absolute atomic E-state index is 13.1. The molecule has 122 valence electrons. The van der Waals surface area contributed by atoms with Gasteiger partial charge in [-0.25, -0.2) is 4.39 Å². The molecule has 0 amide bonds. The fourth-order valence-electron chi connectivity index (χ4n) is 2.49. The van der Waals surface area contributed by atoms with Crippen LogP contribution in [0.2, 0.25) is 0 Å². The number of anilines is 1. The number of nitrogens with one attached hydrogen (secondary N) is 2. The van der Waals surface area contributed by atoms with Crippen LogP contribution < -0.4 is 10.6 Å². The molecule has 0 aliphatic heterocycles. The van der Waals surface area contributed by atoms with Crippen molar-refractivity contribution in [3.63, 3.8) is 0 Å². The molecule has 2 N–H and O–H groups in total. The lowest BCUT2D eigenvalue weighted by atomic mass is 9.96. The maximum Gasteiger partial charge on any atom is 0.171 e. The fraction of sp³-hybridized carbons (Fsp3) is 0.316. The maximum atomic E-state index is 13.1. The van der Waals surface area contributed by atoms with E-state index >= 15 is 0 Å². The van der Waals surface area contributed by atoms with Gasteiger partial charge in [0.25, 0.3) is 0 Å². The first-order valence-electron chi connectivity index (χ1n) is 7.77. The largest absolute Gasteiger partial charge is 0.355 e. The molecule has 0 aliphatic carbocycles. The van der Waals surface area contributed by atoms with Crippen LogP contribution in [0.15, 0.2) is 42.5 Å². The van der Waals surface area contributed by atoms with Crippen molar-refractivity contribution in [2.45, 2.75) is 33.7 Å². The first-order chi connectivity index (χ1) is 10.9. The van der Waals surface area contributed by atoms with Crippen molar-refractivity contribution in [3.05, 3.63) is 65.0 Å². The Morgan fingerprint density at radius 2 is 1.70 bits per heavy atom. The Balaban J connectivity index is 2.12. The van der Waals surface area contributed by atoms with Gasteiger partial charge in [0.1, 0.15) is 5.82 Å². The molecule has 0 spiro atoms. The Bertz CT molecular complexity index is 680. The van der Waals surface area contributed by atoms with E-state index in [0.717, 1.165) is 11.3 Å². The number of hydrogen-bond donors (Lipinski definition) is 2. The van der Waals surface area contributed by atoms with Gasteiger partial charge < -0.3 is 10.6 Å². The van der Waals surface area contributed by atoms with E-state index in [4.69, 9.17) is 12.2 Å². The van der Waals surface area contributed by atoms with E-state index < -0.39 is 0 Å². The van der Waals surface area contributed by atoms with Crippen LogP contribution in [0.3, 0.4) is 0 Å². The normalized spacial score (nSPS) is 12.1. The van der Waals surface area contributed by atoms with Gasteiger partial charge in [-0.05, 0) is 66.9 Å². The van der Waals surface area contributed by atoms with Crippen molar-refractivity contribution in [1.82, 2.24) is 5.32 Å². The summed E-state index contributed by atoms with van der Waals surface area (Å²) in [5.41, 5.74) is 4.42. The van der Waals surface area contributed by atoms with Crippen LogP contribution in [-0.2, 0) is 0 Å². The molecule has 4 heteroatoms. The van der Waals surface area contributed by atoms with Crippen LogP contribution in [0.4, 0.5) is 10.1 Å². The van der Waals surface area contributed by atoms with E-state index in [-0.39, 0.29) is 11.9 Å². The van der Waals surface area contributed by atoms with Crippen LogP contribution in [-0.4, -0.2) is 5.11 Å². The third kappa shape index (κ3) is 4.52. The SMILES string of the molecule is Cc1cccc(NC(=S)N[C@@H](c2ccc(F)cc2)C(C)C)c1C. The van der Waals surface area contributed by atoms with E-state index in [1.54, 1.807) is 12.1 Å². The molecule has 2 rings (SSSR count). The van der Waals surface area contributed by atoms with Gasteiger partial charge in [-0.2, -0.15) is 0 Å². The van der Waals surface area contributed by atoms with Gasteiger partial charge in [-0.1, -0.05) is 38.1 Å². The van der Waals surface area contributed by atoms with Gasteiger partial charge in [0, 0.05) is 5.69 Å². The molecule has 0 unspecified atom stereocenters.